The van der Waals surface area contributed by atoms with E-state index in [1.54, 1.807) is 30.3 Å². The standard InChI is InChI=1S/C31H27F2N3O5S2/c1-3-4-15-41-23-14-9-20(16-24(23)40-2)26-25(27(37)19-7-12-22(33)13-8-19)28(38)29(39)36(26)30-34-35-31(43-30)42-17-18-5-10-21(32)11-6-18/h5-14,16,26,37H,3-4,15,17H2,1-2H3/b27-25-. The van der Waals surface area contributed by atoms with E-state index in [-0.39, 0.29) is 22.1 Å². The molecule has 2 heterocycles. The number of aliphatic hydroxyl groups is 1. The number of ketones is 1. The summed E-state index contributed by atoms with van der Waals surface area (Å²) >= 11 is 2.45. The van der Waals surface area contributed by atoms with Gasteiger partial charge in [-0.25, -0.2) is 8.78 Å². The lowest BCUT2D eigenvalue weighted by Gasteiger charge is -2.23. The van der Waals surface area contributed by atoms with Gasteiger partial charge in [0.2, 0.25) is 5.13 Å². The summed E-state index contributed by atoms with van der Waals surface area (Å²) in [6.45, 7) is 2.53. The molecule has 12 heteroatoms. The van der Waals surface area contributed by atoms with Gasteiger partial charge in [-0.05, 0) is 66.1 Å². The predicted octanol–water partition coefficient (Wildman–Crippen LogP) is 6.92. The van der Waals surface area contributed by atoms with Crippen LogP contribution in [0.3, 0.4) is 0 Å². The topological polar surface area (TPSA) is 102 Å². The molecule has 1 fully saturated rings. The van der Waals surface area contributed by atoms with Crippen molar-refractivity contribution in [3.05, 3.63) is 101 Å². The highest BCUT2D eigenvalue weighted by molar-refractivity contribution is 8.00. The fraction of sp³-hybridized carbons (Fsp3) is 0.226. The molecular formula is C31H27F2N3O5S2. The Labute approximate surface area is 255 Å². The number of rotatable bonds is 11. The van der Waals surface area contributed by atoms with Crippen molar-refractivity contribution in [3.8, 4) is 11.5 Å². The van der Waals surface area contributed by atoms with Crippen LogP contribution in [-0.4, -0.2) is 40.7 Å². The number of hydrogen-bond donors (Lipinski definition) is 1. The molecule has 1 unspecified atom stereocenters. The number of thioether (sulfide) groups is 1. The summed E-state index contributed by atoms with van der Waals surface area (Å²) in [6, 6.07) is 15.0. The van der Waals surface area contributed by atoms with Gasteiger partial charge in [-0.15, -0.1) is 10.2 Å². The number of carbonyl (C=O) groups excluding carboxylic acids is 2. The number of hydrogen-bond acceptors (Lipinski definition) is 9. The molecule has 43 heavy (non-hydrogen) atoms. The second-order valence-corrected chi connectivity index (χ2v) is 11.7. The monoisotopic (exact) mass is 623 g/mol. The van der Waals surface area contributed by atoms with Crippen molar-refractivity contribution >= 4 is 45.7 Å². The molecule has 1 atom stereocenters. The first-order chi connectivity index (χ1) is 20.8. The number of Topliss-reactive ketones (excluding diaryl/α,β-unsaturated/α-hetero) is 1. The Morgan fingerprint density at radius 2 is 1.70 bits per heavy atom. The van der Waals surface area contributed by atoms with Gasteiger partial charge in [-0.3, -0.25) is 14.5 Å². The average Bonchev–Trinajstić information content (AvgIpc) is 3.59. The second-order valence-electron chi connectivity index (χ2n) is 9.55. The van der Waals surface area contributed by atoms with Gasteiger partial charge in [0.05, 0.1) is 25.3 Å². The summed E-state index contributed by atoms with van der Waals surface area (Å²) in [5, 5.41) is 19.8. The smallest absolute Gasteiger partial charge is 0.301 e. The maximum absolute atomic E-state index is 13.6. The lowest BCUT2D eigenvalue weighted by molar-refractivity contribution is -0.132. The Morgan fingerprint density at radius 1 is 1.00 bits per heavy atom. The van der Waals surface area contributed by atoms with E-state index in [1.165, 1.54) is 48.0 Å². The molecule has 3 aromatic carbocycles. The Balaban J connectivity index is 1.55. The number of carbonyl (C=O) groups is 2. The number of methoxy groups -OCH3 is 1. The Hall–Kier alpha value is -4.29. The van der Waals surface area contributed by atoms with Gasteiger partial charge in [0.1, 0.15) is 17.4 Å². The van der Waals surface area contributed by atoms with Gasteiger partial charge in [-0.2, -0.15) is 0 Å². The fourth-order valence-corrected chi connectivity index (χ4v) is 6.32. The van der Waals surface area contributed by atoms with E-state index in [1.807, 2.05) is 6.92 Å². The van der Waals surface area contributed by atoms with E-state index < -0.39 is 29.3 Å². The van der Waals surface area contributed by atoms with E-state index in [4.69, 9.17) is 9.47 Å². The number of unbranched alkanes of at least 4 members (excludes halogenated alkanes) is 1. The van der Waals surface area contributed by atoms with Gasteiger partial charge < -0.3 is 14.6 Å². The molecule has 8 nitrogen and oxygen atoms in total. The molecule has 4 aromatic rings. The van der Waals surface area contributed by atoms with Crippen molar-refractivity contribution in [3.63, 3.8) is 0 Å². The molecule has 222 valence electrons. The minimum Gasteiger partial charge on any atom is -0.507 e. The number of halogens is 2. The van der Waals surface area contributed by atoms with Gasteiger partial charge in [0, 0.05) is 11.3 Å². The number of amides is 1. The molecule has 1 amide bonds. The van der Waals surface area contributed by atoms with Crippen LogP contribution in [0.2, 0.25) is 0 Å². The largest absolute Gasteiger partial charge is 0.507 e. The highest BCUT2D eigenvalue weighted by atomic mass is 32.2. The van der Waals surface area contributed by atoms with Crippen molar-refractivity contribution in [2.24, 2.45) is 0 Å². The van der Waals surface area contributed by atoms with Gasteiger partial charge >= 0.3 is 5.91 Å². The molecule has 1 aromatic heterocycles. The zero-order valence-corrected chi connectivity index (χ0v) is 24.9. The van der Waals surface area contributed by atoms with Gasteiger partial charge in [-0.1, -0.05) is 54.6 Å². The normalized spacial score (nSPS) is 16.1. The lowest BCUT2D eigenvalue weighted by Crippen LogP contribution is -2.29. The lowest BCUT2D eigenvalue weighted by atomic mass is 9.95. The third-order valence-corrected chi connectivity index (χ3v) is 8.83. The highest BCUT2D eigenvalue weighted by Gasteiger charge is 2.48. The minimum atomic E-state index is -1.09. The number of aromatic nitrogens is 2. The zero-order chi connectivity index (χ0) is 30.5. The van der Waals surface area contributed by atoms with Gasteiger partial charge in [0.15, 0.2) is 15.8 Å². The Morgan fingerprint density at radius 3 is 2.37 bits per heavy atom. The van der Waals surface area contributed by atoms with Crippen LogP contribution in [0.25, 0.3) is 5.76 Å². The van der Waals surface area contributed by atoms with Crippen molar-refractivity contribution in [1.82, 2.24) is 10.2 Å². The van der Waals surface area contributed by atoms with Crippen molar-refractivity contribution < 1.29 is 33.0 Å². The van der Waals surface area contributed by atoms with Crippen LogP contribution >= 0.6 is 23.1 Å². The molecule has 1 N–H and O–H groups in total. The third-order valence-electron chi connectivity index (χ3n) is 6.70. The van der Waals surface area contributed by atoms with E-state index in [2.05, 4.69) is 10.2 Å². The quantitative estimate of drug-likeness (QED) is 0.0480. The summed E-state index contributed by atoms with van der Waals surface area (Å²) in [5.41, 5.74) is 1.31. The summed E-state index contributed by atoms with van der Waals surface area (Å²) in [4.78, 5) is 28.2. The highest BCUT2D eigenvalue weighted by Crippen LogP contribution is 2.45. The van der Waals surface area contributed by atoms with Crippen molar-refractivity contribution in [1.29, 1.82) is 0 Å². The molecular weight excluding hydrogens is 596 g/mol. The molecule has 1 aliphatic rings. The fourth-order valence-electron chi connectivity index (χ4n) is 4.49. The van der Waals surface area contributed by atoms with Gasteiger partial charge in [0.25, 0.3) is 5.78 Å². The van der Waals surface area contributed by atoms with E-state index in [9.17, 15) is 23.5 Å². The summed E-state index contributed by atoms with van der Waals surface area (Å²) in [6.07, 6.45) is 1.80. The molecule has 1 aliphatic heterocycles. The van der Waals surface area contributed by atoms with Crippen LogP contribution in [0.4, 0.5) is 13.9 Å². The maximum Gasteiger partial charge on any atom is 0.301 e. The third kappa shape index (κ3) is 6.55. The SMILES string of the molecule is CCCCOc1ccc(C2/C(=C(/O)c3ccc(F)cc3)C(=O)C(=O)N2c2nnc(SCc3ccc(F)cc3)s2)cc1OC. The number of nitrogens with zero attached hydrogens (tertiary/aromatic N) is 3. The van der Waals surface area contributed by atoms with Crippen LogP contribution in [0.5, 0.6) is 11.5 Å². The number of ether oxygens (including phenoxy) is 2. The second kappa shape index (κ2) is 13.3. The first-order valence-electron chi connectivity index (χ1n) is 13.4. The van der Waals surface area contributed by atoms with Crippen LogP contribution in [-0.2, 0) is 15.3 Å². The van der Waals surface area contributed by atoms with E-state index in [0.29, 0.717) is 33.8 Å². The number of aliphatic hydroxyl groups excluding tert-OH is 1. The Bertz CT molecular complexity index is 1660. The van der Waals surface area contributed by atoms with Crippen LogP contribution < -0.4 is 14.4 Å². The molecule has 1 saturated heterocycles. The molecule has 5 rings (SSSR count). The average molecular weight is 624 g/mol. The van der Waals surface area contributed by atoms with E-state index >= 15 is 0 Å². The predicted molar refractivity (Wildman–Crippen MR) is 160 cm³/mol. The van der Waals surface area contributed by atoms with Crippen molar-refractivity contribution in [2.45, 2.75) is 35.9 Å². The van der Waals surface area contributed by atoms with Crippen molar-refractivity contribution in [2.75, 3.05) is 18.6 Å². The summed E-state index contributed by atoms with van der Waals surface area (Å²) in [5.74, 6) is -1.77. The molecule has 0 saturated carbocycles. The summed E-state index contributed by atoms with van der Waals surface area (Å²) < 4.78 is 38.9. The minimum absolute atomic E-state index is 0.147. The number of benzene rings is 3. The summed E-state index contributed by atoms with van der Waals surface area (Å²) in [7, 11) is 1.48. The first-order valence-corrected chi connectivity index (χ1v) is 15.2. The molecule has 0 spiro atoms. The van der Waals surface area contributed by atoms with Crippen LogP contribution in [0.1, 0.15) is 42.5 Å². The zero-order valence-electron chi connectivity index (χ0n) is 23.3. The molecule has 0 radical (unpaired) electrons. The van der Waals surface area contributed by atoms with Crippen LogP contribution in [0, 0.1) is 11.6 Å². The number of anilines is 1. The Kier molecular flexibility index (Phi) is 9.37. The molecule has 0 bridgehead atoms. The first kappa shape index (κ1) is 30.2. The molecule has 0 aliphatic carbocycles. The van der Waals surface area contributed by atoms with Crippen LogP contribution in [0.15, 0.2) is 76.6 Å². The maximum atomic E-state index is 13.6. The van der Waals surface area contributed by atoms with E-state index in [0.717, 1.165) is 41.9 Å².